The first kappa shape index (κ1) is 24.7. The number of carbonyl (C=O) groups is 1. The van der Waals surface area contributed by atoms with Gasteiger partial charge in [-0.1, -0.05) is 29.5 Å². The van der Waals surface area contributed by atoms with Gasteiger partial charge in [-0.3, -0.25) is 9.69 Å². The molecule has 0 fully saturated rings. The van der Waals surface area contributed by atoms with Gasteiger partial charge in [-0.05, 0) is 87.6 Å². The number of ether oxygens (including phenoxy) is 1. The maximum atomic E-state index is 13.5. The number of para-hydroxylation sites is 1. The number of rotatable bonds is 7. The molecule has 0 N–H and O–H groups in total. The Kier molecular flexibility index (Phi) is 8.08. The summed E-state index contributed by atoms with van der Waals surface area (Å²) in [6, 6.07) is 21.1. The Bertz CT molecular complexity index is 1180. The summed E-state index contributed by atoms with van der Waals surface area (Å²) in [5.74, 6) is 1.39. The molecule has 3 aromatic carbocycles. The Hall–Kier alpha value is -2.93. The molecule has 172 valence electrons. The number of hydrogen-bond donors (Lipinski definition) is 0. The van der Waals surface area contributed by atoms with E-state index in [2.05, 4.69) is 30.9 Å². The number of aryl methyl sites for hydroxylation is 2. The summed E-state index contributed by atoms with van der Waals surface area (Å²) in [4.78, 5) is 22.1. The number of halogens is 1. The fourth-order valence-electron chi connectivity index (χ4n) is 3.31. The van der Waals surface area contributed by atoms with Crippen LogP contribution in [-0.2, 0) is 0 Å². The molecule has 0 bridgehead atoms. The van der Waals surface area contributed by atoms with Crippen molar-refractivity contribution in [2.45, 2.75) is 13.8 Å². The average Bonchev–Trinajstić information content (AvgIpc) is 3.17. The zero-order valence-electron chi connectivity index (χ0n) is 19.2. The molecule has 0 aliphatic heterocycles. The van der Waals surface area contributed by atoms with Gasteiger partial charge in [-0.15, -0.1) is 12.4 Å². The van der Waals surface area contributed by atoms with Crippen LogP contribution in [0.3, 0.4) is 0 Å². The lowest BCUT2D eigenvalue weighted by Crippen LogP contribution is -2.36. The predicted octanol–water partition coefficient (Wildman–Crippen LogP) is 6.34. The van der Waals surface area contributed by atoms with E-state index in [1.807, 2.05) is 68.7 Å². The molecule has 4 aromatic rings. The molecule has 1 amide bonds. The van der Waals surface area contributed by atoms with E-state index in [0.29, 0.717) is 17.9 Å². The standard InChI is InChI=1S/C26H27N3O2S.ClH/c1-18-16-23-24(17-19(18)2)32-26(27-23)29(15-14-28(3)4)25(30)20-10-12-22(13-11-20)31-21-8-6-5-7-9-21;/h5-13,16-17H,14-15H2,1-4H3;1H. The van der Waals surface area contributed by atoms with E-state index in [1.165, 1.54) is 11.1 Å². The van der Waals surface area contributed by atoms with Crippen molar-refractivity contribution in [2.24, 2.45) is 0 Å². The number of nitrogens with zero attached hydrogens (tertiary/aromatic N) is 3. The second kappa shape index (κ2) is 10.8. The van der Waals surface area contributed by atoms with Crippen molar-refractivity contribution >= 4 is 45.0 Å². The summed E-state index contributed by atoms with van der Waals surface area (Å²) in [6.45, 7) is 5.49. The van der Waals surface area contributed by atoms with Crippen molar-refractivity contribution in [2.75, 3.05) is 32.1 Å². The lowest BCUT2D eigenvalue weighted by Gasteiger charge is -2.22. The van der Waals surface area contributed by atoms with Crippen LogP contribution in [-0.4, -0.2) is 43.0 Å². The van der Waals surface area contributed by atoms with Crippen molar-refractivity contribution in [1.82, 2.24) is 9.88 Å². The number of benzene rings is 3. The summed E-state index contributed by atoms with van der Waals surface area (Å²) in [5, 5.41) is 0.724. The van der Waals surface area contributed by atoms with Crippen molar-refractivity contribution in [3.8, 4) is 11.5 Å². The lowest BCUT2D eigenvalue weighted by atomic mass is 10.1. The van der Waals surface area contributed by atoms with Gasteiger partial charge in [0.1, 0.15) is 11.5 Å². The second-order valence-electron chi connectivity index (χ2n) is 8.10. The Morgan fingerprint density at radius 3 is 2.21 bits per heavy atom. The fraction of sp³-hybridized carbons (Fsp3) is 0.231. The number of likely N-dealkylation sites (N-methyl/N-ethyl adjacent to an activating group) is 1. The van der Waals surface area contributed by atoms with Gasteiger partial charge in [0, 0.05) is 18.7 Å². The van der Waals surface area contributed by atoms with Crippen molar-refractivity contribution in [3.05, 3.63) is 83.4 Å². The number of hydrogen-bond acceptors (Lipinski definition) is 5. The molecule has 1 aromatic heterocycles. The van der Waals surface area contributed by atoms with Gasteiger partial charge in [0.15, 0.2) is 5.13 Å². The molecular weight excluding hydrogens is 454 g/mol. The molecule has 0 aliphatic rings. The van der Waals surface area contributed by atoms with Gasteiger partial charge in [-0.2, -0.15) is 0 Å². The molecule has 0 radical (unpaired) electrons. The van der Waals surface area contributed by atoms with Crippen LogP contribution in [0, 0.1) is 13.8 Å². The fourth-order valence-corrected chi connectivity index (χ4v) is 4.38. The Labute approximate surface area is 205 Å². The van der Waals surface area contributed by atoms with Gasteiger partial charge in [-0.25, -0.2) is 4.98 Å². The zero-order valence-corrected chi connectivity index (χ0v) is 20.9. The maximum absolute atomic E-state index is 13.5. The first-order chi connectivity index (χ1) is 15.4. The normalized spacial score (nSPS) is 10.8. The second-order valence-corrected chi connectivity index (χ2v) is 9.11. The average molecular weight is 482 g/mol. The highest BCUT2D eigenvalue weighted by atomic mass is 35.5. The van der Waals surface area contributed by atoms with E-state index in [0.717, 1.165) is 27.6 Å². The van der Waals surface area contributed by atoms with E-state index in [-0.39, 0.29) is 18.3 Å². The quantitative estimate of drug-likeness (QED) is 0.309. The summed E-state index contributed by atoms with van der Waals surface area (Å²) in [7, 11) is 4.01. The molecule has 7 heteroatoms. The van der Waals surface area contributed by atoms with E-state index in [1.54, 1.807) is 16.2 Å². The summed E-state index contributed by atoms with van der Waals surface area (Å²) < 4.78 is 6.95. The molecular formula is C26H28ClN3O2S. The minimum atomic E-state index is -0.0642. The predicted molar refractivity (Wildman–Crippen MR) is 140 cm³/mol. The van der Waals surface area contributed by atoms with Crippen LogP contribution >= 0.6 is 23.7 Å². The largest absolute Gasteiger partial charge is 0.457 e. The third-order valence-corrected chi connectivity index (χ3v) is 6.36. The van der Waals surface area contributed by atoms with Crippen LogP contribution in [0.2, 0.25) is 0 Å². The molecule has 0 saturated heterocycles. The van der Waals surface area contributed by atoms with Gasteiger partial charge in [0.05, 0.1) is 10.2 Å². The van der Waals surface area contributed by atoms with Crippen LogP contribution in [0.4, 0.5) is 5.13 Å². The smallest absolute Gasteiger partial charge is 0.260 e. The van der Waals surface area contributed by atoms with E-state index < -0.39 is 0 Å². The Morgan fingerprint density at radius 2 is 1.55 bits per heavy atom. The van der Waals surface area contributed by atoms with Crippen molar-refractivity contribution in [1.29, 1.82) is 0 Å². The Balaban J connectivity index is 0.00000306. The number of thiazole rings is 1. The molecule has 0 aliphatic carbocycles. The summed E-state index contributed by atoms with van der Waals surface area (Å²) >= 11 is 1.56. The summed E-state index contributed by atoms with van der Waals surface area (Å²) in [5.41, 5.74) is 3.97. The van der Waals surface area contributed by atoms with Gasteiger partial charge < -0.3 is 9.64 Å². The highest BCUT2D eigenvalue weighted by molar-refractivity contribution is 7.22. The number of carbonyl (C=O) groups excluding carboxylic acids is 1. The number of amides is 1. The Morgan fingerprint density at radius 1 is 0.909 bits per heavy atom. The zero-order chi connectivity index (χ0) is 22.7. The molecule has 0 saturated carbocycles. The molecule has 33 heavy (non-hydrogen) atoms. The van der Waals surface area contributed by atoms with Crippen LogP contribution in [0.15, 0.2) is 66.7 Å². The molecule has 1 heterocycles. The highest BCUT2D eigenvalue weighted by Crippen LogP contribution is 2.32. The first-order valence-corrected chi connectivity index (χ1v) is 11.4. The van der Waals surface area contributed by atoms with Crippen LogP contribution in [0.1, 0.15) is 21.5 Å². The van der Waals surface area contributed by atoms with Gasteiger partial charge in [0.2, 0.25) is 0 Å². The number of anilines is 1. The van der Waals surface area contributed by atoms with Crippen LogP contribution < -0.4 is 9.64 Å². The third-order valence-electron chi connectivity index (χ3n) is 5.32. The molecule has 0 spiro atoms. The lowest BCUT2D eigenvalue weighted by molar-refractivity contribution is 0.0985. The highest BCUT2D eigenvalue weighted by Gasteiger charge is 2.22. The number of aromatic nitrogens is 1. The number of fused-ring (bicyclic) bond motifs is 1. The van der Waals surface area contributed by atoms with E-state index in [4.69, 9.17) is 9.72 Å². The first-order valence-electron chi connectivity index (χ1n) is 10.6. The minimum absolute atomic E-state index is 0. The summed E-state index contributed by atoms with van der Waals surface area (Å²) in [6.07, 6.45) is 0. The SMILES string of the molecule is Cc1cc2nc(N(CCN(C)C)C(=O)c3ccc(Oc4ccccc4)cc3)sc2cc1C.Cl. The van der Waals surface area contributed by atoms with E-state index in [9.17, 15) is 4.79 Å². The van der Waals surface area contributed by atoms with Gasteiger partial charge in [0.25, 0.3) is 5.91 Å². The molecule has 0 atom stereocenters. The van der Waals surface area contributed by atoms with Gasteiger partial charge >= 0.3 is 0 Å². The van der Waals surface area contributed by atoms with Crippen molar-refractivity contribution < 1.29 is 9.53 Å². The molecule has 0 unspecified atom stereocenters. The minimum Gasteiger partial charge on any atom is -0.457 e. The molecule has 4 rings (SSSR count). The van der Waals surface area contributed by atoms with Crippen LogP contribution in [0.25, 0.3) is 10.2 Å². The third kappa shape index (κ3) is 5.90. The monoisotopic (exact) mass is 481 g/mol. The van der Waals surface area contributed by atoms with Crippen molar-refractivity contribution in [3.63, 3.8) is 0 Å². The molecule has 5 nitrogen and oxygen atoms in total. The topological polar surface area (TPSA) is 45.7 Å². The van der Waals surface area contributed by atoms with Crippen LogP contribution in [0.5, 0.6) is 11.5 Å². The maximum Gasteiger partial charge on any atom is 0.260 e. The van der Waals surface area contributed by atoms with E-state index >= 15 is 0 Å².